The molecule has 1 aromatic rings. The zero-order valence-corrected chi connectivity index (χ0v) is 7.43. The highest BCUT2D eigenvalue weighted by Crippen LogP contribution is 2.16. The number of hydrogen-bond acceptors (Lipinski definition) is 2. The summed E-state index contributed by atoms with van der Waals surface area (Å²) in [6, 6.07) is 0. The molecular formula is C9H15NO. The van der Waals surface area contributed by atoms with Crippen LogP contribution in [0.3, 0.4) is 0 Å². The molecule has 2 nitrogen and oxygen atoms in total. The molecule has 1 rings (SSSR count). The SMILES string of the molecule is [2H]C([2H])(c1c(C)noc1C)C(C)C. The van der Waals surface area contributed by atoms with Crippen LogP contribution in [0.15, 0.2) is 4.52 Å². The first kappa shape index (κ1) is 5.81. The predicted octanol–water partition coefficient (Wildman–Crippen LogP) is 2.49. The Morgan fingerprint density at radius 2 is 2.18 bits per heavy atom. The van der Waals surface area contributed by atoms with Gasteiger partial charge in [-0.25, -0.2) is 0 Å². The van der Waals surface area contributed by atoms with Crippen molar-refractivity contribution in [1.29, 1.82) is 0 Å². The van der Waals surface area contributed by atoms with E-state index < -0.39 is 6.37 Å². The average Bonchev–Trinajstić information content (AvgIpc) is 2.30. The number of hydrogen-bond donors (Lipinski definition) is 0. The van der Waals surface area contributed by atoms with Crippen LogP contribution in [-0.4, -0.2) is 5.16 Å². The van der Waals surface area contributed by atoms with Crippen LogP contribution in [0.25, 0.3) is 0 Å². The van der Waals surface area contributed by atoms with Crippen LogP contribution in [0.2, 0.25) is 0 Å². The van der Waals surface area contributed by atoms with Crippen molar-refractivity contribution in [1.82, 2.24) is 5.16 Å². The summed E-state index contributed by atoms with van der Waals surface area (Å²) in [7, 11) is 0. The van der Waals surface area contributed by atoms with Gasteiger partial charge in [-0.2, -0.15) is 0 Å². The van der Waals surface area contributed by atoms with Crippen molar-refractivity contribution in [2.75, 3.05) is 0 Å². The number of rotatable bonds is 2. The molecule has 0 unspecified atom stereocenters. The van der Waals surface area contributed by atoms with Gasteiger partial charge in [-0.1, -0.05) is 19.0 Å². The Kier molecular flexibility index (Phi) is 1.62. The number of aryl methyl sites for hydroxylation is 2. The summed E-state index contributed by atoms with van der Waals surface area (Å²) < 4.78 is 20.7. The van der Waals surface area contributed by atoms with Gasteiger partial charge in [-0.15, -0.1) is 0 Å². The molecule has 0 aromatic carbocycles. The molecule has 1 heterocycles. The number of aromatic nitrogens is 1. The second-order valence-electron chi connectivity index (χ2n) is 3.00. The highest BCUT2D eigenvalue weighted by Gasteiger charge is 2.09. The van der Waals surface area contributed by atoms with Gasteiger partial charge in [0, 0.05) is 8.30 Å². The molecule has 0 bridgehead atoms. The Morgan fingerprint density at radius 1 is 1.55 bits per heavy atom. The maximum Gasteiger partial charge on any atom is 0.137 e. The van der Waals surface area contributed by atoms with E-state index in [0.29, 0.717) is 17.0 Å². The van der Waals surface area contributed by atoms with Gasteiger partial charge < -0.3 is 4.52 Å². The fourth-order valence-electron chi connectivity index (χ4n) is 0.978. The minimum atomic E-state index is -1.35. The van der Waals surface area contributed by atoms with Gasteiger partial charge in [0.25, 0.3) is 0 Å². The first-order valence-electron chi connectivity index (χ1n) is 4.80. The first-order valence-corrected chi connectivity index (χ1v) is 3.80. The third kappa shape index (κ3) is 1.82. The van der Waals surface area contributed by atoms with Crippen LogP contribution in [0, 0.1) is 19.8 Å². The third-order valence-corrected chi connectivity index (χ3v) is 1.47. The van der Waals surface area contributed by atoms with E-state index in [1.807, 2.05) is 13.8 Å². The fraction of sp³-hybridized carbons (Fsp3) is 0.667. The van der Waals surface area contributed by atoms with Gasteiger partial charge in [-0.3, -0.25) is 0 Å². The summed E-state index contributed by atoms with van der Waals surface area (Å²) in [5, 5.41) is 3.75. The molecule has 2 heteroatoms. The van der Waals surface area contributed by atoms with Crippen molar-refractivity contribution >= 4 is 0 Å². The van der Waals surface area contributed by atoms with E-state index in [0.717, 1.165) is 0 Å². The van der Waals surface area contributed by atoms with Crippen molar-refractivity contribution in [2.45, 2.75) is 34.1 Å². The highest BCUT2D eigenvalue weighted by atomic mass is 16.5. The third-order valence-electron chi connectivity index (χ3n) is 1.47. The van der Waals surface area contributed by atoms with Crippen LogP contribution < -0.4 is 0 Å². The molecule has 0 aliphatic heterocycles. The Bertz CT molecular complexity index is 285. The summed E-state index contributed by atoms with van der Waals surface area (Å²) in [6.45, 7) is 7.22. The van der Waals surface area contributed by atoms with E-state index in [2.05, 4.69) is 5.16 Å². The van der Waals surface area contributed by atoms with Gasteiger partial charge in [0.1, 0.15) is 5.76 Å². The summed E-state index contributed by atoms with van der Waals surface area (Å²) in [5.74, 6) is 0.500. The van der Waals surface area contributed by atoms with E-state index in [1.165, 1.54) is 0 Å². The van der Waals surface area contributed by atoms with Crippen LogP contribution in [0.4, 0.5) is 0 Å². The minimum Gasteiger partial charge on any atom is -0.361 e. The van der Waals surface area contributed by atoms with E-state index in [1.54, 1.807) is 13.8 Å². The molecule has 0 radical (unpaired) electrons. The van der Waals surface area contributed by atoms with E-state index >= 15 is 0 Å². The topological polar surface area (TPSA) is 26.0 Å². The summed E-state index contributed by atoms with van der Waals surface area (Å²) in [6.07, 6.45) is -1.35. The molecule has 0 spiro atoms. The quantitative estimate of drug-likeness (QED) is 0.655. The van der Waals surface area contributed by atoms with Crippen LogP contribution in [0.1, 0.15) is 33.6 Å². The molecule has 0 saturated heterocycles. The maximum atomic E-state index is 7.89. The minimum absolute atomic E-state index is 0.0794. The van der Waals surface area contributed by atoms with Crippen molar-refractivity contribution in [3.05, 3.63) is 17.0 Å². The lowest BCUT2D eigenvalue weighted by Crippen LogP contribution is -1.95. The molecule has 1 aromatic heterocycles. The van der Waals surface area contributed by atoms with Gasteiger partial charge in [0.15, 0.2) is 0 Å². The molecule has 62 valence electrons. The first-order chi connectivity index (χ1) is 5.87. The van der Waals surface area contributed by atoms with Crippen molar-refractivity contribution in [3.8, 4) is 0 Å². The molecule has 0 aliphatic carbocycles. The summed E-state index contributed by atoms with van der Waals surface area (Å²) >= 11 is 0. The standard InChI is InChI=1S/C9H15NO/c1-6(2)5-9-7(3)10-11-8(9)4/h6H,5H2,1-4H3/i5D2. The molecule has 0 fully saturated rings. The van der Waals surface area contributed by atoms with Crippen LogP contribution in [-0.2, 0) is 6.37 Å². The predicted molar refractivity (Wildman–Crippen MR) is 44.5 cm³/mol. The van der Waals surface area contributed by atoms with Gasteiger partial charge in [0.05, 0.1) is 5.69 Å². The molecule has 0 aliphatic rings. The van der Waals surface area contributed by atoms with Crippen molar-refractivity contribution in [2.24, 2.45) is 5.92 Å². The van der Waals surface area contributed by atoms with Crippen molar-refractivity contribution < 1.29 is 7.26 Å². The Labute approximate surface area is 70.4 Å². The molecule has 0 amide bonds. The van der Waals surface area contributed by atoms with E-state index in [4.69, 9.17) is 7.26 Å². The molecule has 0 atom stereocenters. The summed E-state index contributed by atoms with van der Waals surface area (Å²) in [4.78, 5) is 0. The van der Waals surface area contributed by atoms with Gasteiger partial charge >= 0.3 is 0 Å². The lowest BCUT2D eigenvalue weighted by atomic mass is 10.0. The monoisotopic (exact) mass is 155 g/mol. The van der Waals surface area contributed by atoms with Crippen LogP contribution >= 0.6 is 0 Å². The molecule has 0 saturated carbocycles. The average molecular weight is 155 g/mol. The lowest BCUT2D eigenvalue weighted by molar-refractivity contribution is 0.391. The second-order valence-corrected chi connectivity index (χ2v) is 3.00. The van der Waals surface area contributed by atoms with Crippen molar-refractivity contribution in [3.63, 3.8) is 0 Å². The maximum absolute atomic E-state index is 7.89. The molecular weight excluding hydrogens is 138 g/mol. The largest absolute Gasteiger partial charge is 0.361 e. The Hall–Kier alpha value is -0.790. The lowest BCUT2D eigenvalue weighted by Gasteiger charge is -2.01. The smallest absolute Gasteiger partial charge is 0.137 e. The fourth-order valence-corrected chi connectivity index (χ4v) is 0.978. The van der Waals surface area contributed by atoms with E-state index in [-0.39, 0.29) is 5.92 Å². The van der Waals surface area contributed by atoms with E-state index in [9.17, 15) is 0 Å². The number of nitrogens with zero attached hydrogens (tertiary/aromatic N) is 1. The Morgan fingerprint density at radius 3 is 2.55 bits per heavy atom. The van der Waals surface area contributed by atoms with Gasteiger partial charge in [-0.05, 0) is 26.1 Å². The molecule has 0 N–H and O–H groups in total. The highest BCUT2D eigenvalue weighted by molar-refractivity contribution is 5.20. The normalized spacial score (nSPS) is 15.0. The zero-order valence-electron chi connectivity index (χ0n) is 9.43. The second kappa shape index (κ2) is 3.07. The summed E-state index contributed by atoms with van der Waals surface area (Å²) in [5.41, 5.74) is 1.25. The Balaban J connectivity index is 3.20. The van der Waals surface area contributed by atoms with Gasteiger partial charge in [0.2, 0.25) is 0 Å². The zero-order chi connectivity index (χ0) is 10.2. The molecule has 11 heavy (non-hydrogen) atoms. The van der Waals surface area contributed by atoms with Crippen LogP contribution in [0.5, 0.6) is 0 Å².